The van der Waals surface area contributed by atoms with Crippen LogP contribution in [0.4, 0.5) is 0 Å². The lowest BCUT2D eigenvalue weighted by Gasteiger charge is -2.71. The molecule has 0 spiro atoms. The maximum Gasteiger partial charge on any atom is 0.311 e. The van der Waals surface area contributed by atoms with Gasteiger partial charge in [0.15, 0.2) is 6.29 Å². The average Bonchev–Trinajstić information content (AvgIpc) is 3.10. The van der Waals surface area contributed by atoms with Crippen LogP contribution >= 0.6 is 0 Å². The van der Waals surface area contributed by atoms with Crippen molar-refractivity contribution in [2.24, 2.45) is 56.7 Å². The first kappa shape index (κ1) is 40.0. The maximum atomic E-state index is 14.0. The van der Waals surface area contributed by atoms with E-state index in [0.717, 1.165) is 44.9 Å². The second kappa shape index (κ2) is 13.7. The van der Waals surface area contributed by atoms with Gasteiger partial charge in [0.2, 0.25) is 6.29 Å². The highest BCUT2D eigenvalue weighted by Gasteiger charge is 2.68. The fourth-order valence-corrected chi connectivity index (χ4v) is 13.4. The number of carbonyl (C=O) groups excluding carboxylic acids is 1. The summed E-state index contributed by atoms with van der Waals surface area (Å²) < 4.78 is 23.6. The van der Waals surface area contributed by atoms with Gasteiger partial charge in [-0.3, -0.25) is 4.79 Å². The number of fused-ring (bicyclic) bond motifs is 7. The van der Waals surface area contributed by atoms with Gasteiger partial charge in [-0.1, -0.05) is 53.2 Å². The van der Waals surface area contributed by atoms with E-state index in [2.05, 4.69) is 47.6 Å². The third-order valence-electron chi connectivity index (χ3n) is 16.7. The highest BCUT2D eigenvalue weighted by atomic mass is 16.7. The summed E-state index contributed by atoms with van der Waals surface area (Å²) in [7, 11) is 0. The summed E-state index contributed by atoms with van der Waals surface area (Å²) in [6.07, 6.45) is -1.51. The number of rotatable bonds is 5. The molecular weight excluding hydrogens is 684 g/mol. The molecule has 2 saturated heterocycles. The van der Waals surface area contributed by atoms with Gasteiger partial charge >= 0.3 is 5.97 Å². The van der Waals surface area contributed by atoms with Crippen molar-refractivity contribution in [1.29, 1.82) is 0 Å². The quantitative estimate of drug-likeness (QED) is 0.124. The molecule has 2 heterocycles. The molecule has 0 aromatic carbocycles. The van der Waals surface area contributed by atoms with Crippen molar-refractivity contribution in [1.82, 2.24) is 0 Å². The molecule has 0 aromatic rings. The Balaban J connectivity index is 1.13. The molecule has 6 fully saturated rings. The molecule has 19 atom stereocenters. The number of ether oxygens (including phenoxy) is 4. The van der Waals surface area contributed by atoms with Crippen LogP contribution < -0.4 is 0 Å². The number of aliphatic hydroxyl groups is 7. The van der Waals surface area contributed by atoms with Crippen LogP contribution in [0.5, 0.6) is 0 Å². The van der Waals surface area contributed by atoms with Gasteiger partial charge < -0.3 is 54.7 Å². The van der Waals surface area contributed by atoms with Crippen LogP contribution in [0.2, 0.25) is 0 Å². The summed E-state index contributed by atoms with van der Waals surface area (Å²) in [5.41, 5.74) is 0.514. The number of aliphatic hydroxyl groups excluding tert-OH is 7. The summed E-state index contributed by atoms with van der Waals surface area (Å²) in [5.74, 6) is -0.0215. The molecule has 0 radical (unpaired) electrons. The average molecular weight is 751 g/mol. The molecule has 0 unspecified atom stereocenters. The van der Waals surface area contributed by atoms with E-state index in [-0.39, 0.29) is 58.5 Å². The Labute approximate surface area is 314 Å². The smallest absolute Gasteiger partial charge is 0.311 e. The van der Waals surface area contributed by atoms with Crippen LogP contribution in [-0.4, -0.2) is 116 Å². The maximum absolute atomic E-state index is 14.0. The lowest BCUT2D eigenvalue weighted by atomic mass is 9.34. The van der Waals surface area contributed by atoms with Crippen LogP contribution in [0.3, 0.4) is 0 Å². The molecule has 0 bridgehead atoms. The Morgan fingerprint density at radius 3 is 2.23 bits per heavy atom. The third kappa shape index (κ3) is 6.11. The predicted molar refractivity (Wildman–Crippen MR) is 191 cm³/mol. The molecule has 7 aliphatic rings. The van der Waals surface area contributed by atoms with E-state index in [1.54, 1.807) is 6.92 Å². The molecule has 7 rings (SSSR count). The second-order valence-electron chi connectivity index (χ2n) is 20.0. The zero-order valence-electron chi connectivity index (χ0n) is 32.7. The van der Waals surface area contributed by atoms with Crippen molar-refractivity contribution in [3.63, 3.8) is 0 Å². The molecule has 0 aromatic heterocycles. The molecule has 302 valence electrons. The zero-order chi connectivity index (χ0) is 38.6. The summed E-state index contributed by atoms with van der Waals surface area (Å²) in [6.45, 7) is 15.3. The van der Waals surface area contributed by atoms with Crippen molar-refractivity contribution in [3.05, 3.63) is 11.6 Å². The van der Waals surface area contributed by atoms with Gasteiger partial charge in [0, 0.05) is 5.41 Å². The molecular formula is C41H66O12. The van der Waals surface area contributed by atoms with Crippen LogP contribution in [-0.2, 0) is 23.7 Å². The third-order valence-corrected chi connectivity index (χ3v) is 16.7. The van der Waals surface area contributed by atoms with Crippen molar-refractivity contribution < 1.29 is 59.5 Å². The topological polar surface area (TPSA) is 196 Å². The Bertz CT molecular complexity index is 1420. The normalized spacial score (nSPS) is 55.1. The summed E-state index contributed by atoms with van der Waals surface area (Å²) in [5, 5.41) is 73.2. The van der Waals surface area contributed by atoms with Gasteiger partial charge in [-0.15, -0.1) is 0 Å². The lowest BCUT2D eigenvalue weighted by molar-refractivity contribution is -0.312. The predicted octanol–water partition coefficient (Wildman–Crippen LogP) is 2.81. The zero-order valence-corrected chi connectivity index (χ0v) is 32.7. The summed E-state index contributed by atoms with van der Waals surface area (Å²) in [4.78, 5) is 14.0. The summed E-state index contributed by atoms with van der Waals surface area (Å²) >= 11 is 0. The Hall–Kier alpha value is -1.19. The Morgan fingerprint density at radius 2 is 1.53 bits per heavy atom. The van der Waals surface area contributed by atoms with Crippen molar-refractivity contribution in [2.75, 3.05) is 13.2 Å². The Morgan fingerprint density at radius 1 is 0.830 bits per heavy atom. The fourth-order valence-electron chi connectivity index (χ4n) is 13.4. The fraction of sp³-hybridized carbons (Fsp3) is 0.927. The molecule has 0 amide bonds. The molecule has 12 nitrogen and oxygen atoms in total. The SMILES string of the molecule is C[C@@H]1O[C@@H](OC(=O)[C@@H]2CC(C)(C)C[C@@H]3C4=CC[C@@H]5[C@@]6(C)CC[C@H](O[C@@H]7OC[C@H](O)[C@H](O)[C@H]7O)[C@@](C)(CO)[C@H]6CC[C@@]5(C)[C@]4(C)CC[C@H]32)[C@H](O)[C@H](O)[C@H]1O. The molecule has 2 aliphatic heterocycles. The minimum absolute atomic E-state index is 0.0228. The Kier molecular flexibility index (Phi) is 10.4. The first-order valence-corrected chi connectivity index (χ1v) is 20.3. The number of carbonyl (C=O) groups is 1. The molecule has 4 saturated carbocycles. The number of hydrogen-bond donors (Lipinski definition) is 7. The largest absolute Gasteiger partial charge is 0.432 e. The van der Waals surface area contributed by atoms with E-state index < -0.39 is 72.8 Å². The van der Waals surface area contributed by atoms with Gasteiger partial charge in [0.05, 0.1) is 31.3 Å². The molecule has 53 heavy (non-hydrogen) atoms. The van der Waals surface area contributed by atoms with E-state index in [0.29, 0.717) is 18.8 Å². The van der Waals surface area contributed by atoms with Gasteiger partial charge in [-0.05, 0) is 110 Å². The van der Waals surface area contributed by atoms with E-state index in [1.165, 1.54) is 5.57 Å². The molecule has 12 heteroatoms. The standard InChI is InChI=1S/C41H66O12/c1-20-29(44)31(46)33(48)36(51-20)53-34(49)23-17-37(2,3)16-22-21(23)10-14-40(6)24(22)8-9-27-38(4)13-12-28(52-35-32(47)30(45)25(43)18-50-35)39(5,19-42)26(38)11-15-41(27,40)7/h8,20-23,25-33,35-36,42-48H,9-19H2,1-7H3/t20-,21+,22-,23+,25-,26-,27+,28-,29-,30-,31+,32+,33+,35-,36-,38-,39-,40+,41+/m0/s1. The highest BCUT2D eigenvalue weighted by Crippen LogP contribution is 2.75. The van der Waals surface area contributed by atoms with Crippen LogP contribution in [0.25, 0.3) is 0 Å². The van der Waals surface area contributed by atoms with Gasteiger partial charge in [-0.25, -0.2) is 0 Å². The van der Waals surface area contributed by atoms with E-state index >= 15 is 0 Å². The van der Waals surface area contributed by atoms with Crippen LogP contribution in [0.15, 0.2) is 11.6 Å². The van der Waals surface area contributed by atoms with Gasteiger partial charge in [-0.2, -0.15) is 0 Å². The van der Waals surface area contributed by atoms with E-state index in [1.807, 2.05) is 0 Å². The molecule has 5 aliphatic carbocycles. The number of esters is 1. The van der Waals surface area contributed by atoms with Crippen molar-refractivity contribution >= 4 is 5.97 Å². The highest BCUT2D eigenvalue weighted by molar-refractivity contribution is 5.73. The van der Waals surface area contributed by atoms with Crippen molar-refractivity contribution in [3.8, 4) is 0 Å². The first-order chi connectivity index (χ1) is 24.7. The second-order valence-corrected chi connectivity index (χ2v) is 20.0. The van der Waals surface area contributed by atoms with Crippen LogP contribution in [0.1, 0.15) is 106 Å². The van der Waals surface area contributed by atoms with E-state index in [4.69, 9.17) is 18.9 Å². The lowest BCUT2D eigenvalue weighted by Crippen LogP contribution is -2.66. The first-order valence-electron chi connectivity index (χ1n) is 20.3. The van der Waals surface area contributed by atoms with Gasteiger partial charge in [0.25, 0.3) is 0 Å². The van der Waals surface area contributed by atoms with E-state index in [9.17, 15) is 40.5 Å². The monoisotopic (exact) mass is 750 g/mol. The molecule has 7 N–H and O–H groups in total. The summed E-state index contributed by atoms with van der Waals surface area (Å²) in [6, 6.07) is 0. The van der Waals surface area contributed by atoms with Crippen LogP contribution in [0, 0.1) is 56.7 Å². The van der Waals surface area contributed by atoms with Crippen molar-refractivity contribution in [2.45, 2.75) is 168 Å². The van der Waals surface area contributed by atoms with Gasteiger partial charge in [0.1, 0.15) is 36.6 Å². The minimum atomic E-state index is -1.54. The number of allylic oxidation sites excluding steroid dienone is 2. The number of hydrogen-bond acceptors (Lipinski definition) is 12. The minimum Gasteiger partial charge on any atom is -0.432 e.